The zero-order valence-corrected chi connectivity index (χ0v) is 20.2. The van der Waals surface area contributed by atoms with E-state index in [2.05, 4.69) is 32.9 Å². The van der Waals surface area contributed by atoms with E-state index in [1.165, 1.54) is 47.9 Å². The Balaban J connectivity index is 1.41. The van der Waals surface area contributed by atoms with Gasteiger partial charge in [0.05, 0.1) is 0 Å². The van der Waals surface area contributed by atoms with Crippen LogP contribution in [0.2, 0.25) is 0 Å². The van der Waals surface area contributed by atoms with Gasteiger partial charge >= 0.3 is 0 Å². The molecule has 2 saturated carbocycles. The fourth-order valence-corrected chi connectivity index (χ4v) is 6.74. The maximum absolute atomic E-state index is 12.4. The summed E-state index contributed by atoms with van der Waals surface area (Å²) in [4.78, 5) is 24.7. The molecular weight excluding hydrogens is 408 g/mol. The van der Waals surface area contributed by atoms with E-state index in [0.717, 1.165) is 23.7 Å². The summed E-state index contributed by atoms with van der Waals surface area (Å²) in [5.74, 6) is 2.45. The highest BCUT2D eigenvalue weighted by molar-refractivity contribution is 6.09. The lowest BCUT2D eigenvalue weighted by molar-refractivity contribution is -0.131. The van der Waals surface area contributed by atoms with Gasteiger partial charge < -0.3 is 4.74 Å². The van der Waals surface area contributed by atoms with Crippen LogP contribution in [0.15, 0.2) is 36.4 Å². The number of benzene rings is 2. The summed E-state index contributed by atoms with van der Waals surface area (Å²) in [7, 11) is 0. The molecule has 0 spiro atoms. The lowest BCUT2D eigenvalue weighted by Crippen LogP contribution is -2.26. The molecule has 0 aliphatic heterocycles. The van der Waals surface area contributed by atoms with Gasteiger partial charge in [0.2, 0.25) is 0 Å². The highest BCUT2D eigenvalue weighted by Crippen LogP contribution is 2.50. The van der Waals surface area contributed by atoms with Crippen molar-refractivity contribution in [3.05, 3.63) is 64.2 Å². The Morgan fingerprint density at radius 3 is 2.36 bits per heavy atom. The smallest absolute Gasteiger partial charge is 0.147 e. The molecule has 174 valence electrons. The molecule has 0 aromatic heterocycles. The molecule has 2 fully saturated rings. The molecular formula is C30H36O3. The van der Waals surface area contributed by atoms with Crippen molar-refractivity contribution >= 4 is 11.6 Å². The third-order valence-corrected chi connectivity index (χ3v) is 8.52. The van der Waals surface area contributed by atoms with Crippen LogP contribution < -0.4 is 4.74 Å². The molecule has 0 radical (unpaired) electrons. The second kappa shape index (κ2) is 9.08. The Bertz CT molecular complexity index is 1030. The number of Topliss-reactive ketones (excluding diaryl/α,β-unsaturated/α-hetero) is 2. The van der Waals surface area contributed by atoms with Crippen molar-refractivity contribution in [3.8, 4) is 5.75 Å². The summed E-state index contributed by atoms with van der Waals surface area (Å²) >= 11 is 0. The maximum atomic E-state index is 12.4. The Kier molecular flexibility index (Phi) is 6.16. The minimum absolute atomic E-state index is 0.0577. The normalized spacial score (nSPS) is 27.7. The quantitative estimate of drug-likeness (QED) is 0.475. The second-order valence-corrected chi connectivity index (χ2v) is 10.7. The molecule has 0 N–H and O–H groups in total. The van der Waals surface area contributed by atoms with E-state index in [1.807, 2.05) is 24.3 Å². The molecule has 3 aliphatic carbocycles. The third kappa shape index (κ3) is 4.27. The molecule has 3 aliphatic rings. The van der Waals surface area contributed by atoms with Gasteiger partial charge in [-0.25, -0.2) is 0 Å². The van der Waals surface area contributed by atoms with E-state index in [1.54, 1.807) is 0 Å². The van der Waals surface area contributed by atoms with Gasteiger partial charge in [-0.3, -0.25) is 9.59 Å². The predicted octanol–water partition coefficient (Wildman–Crippen LogP) is 6.83. The van der Waals surface area contributed by atoms with E-state index < -0.39 is 5.92 Å². The van der Waals surface area contributed by atoms with Crippen molar-refractivity contribution in [3.63, 3.8) is 0 Å². The minimum atomic E-state index is -0.581. The summed E-state index contributed by atoms with van der Waals surface area (Å²) in [6.45, 7) is 6.73. The Morgan fingerprint density at radius 2 is 1.70 bits per heavy atom. The van der Waals surface area contributed by atoms with Gasteiger partial charge in [-0.1, -0.05) is 49.6 Å². The Morgan fingerprint density at radius 1 is 0.970 bits per heavy atom. The van der Waals surface area contributed by atoms with Crippen LogP contribution in [0.1, 0.15) is 91.7 Å². The summed E-state index contributed by atoms with van der Waals surface area (Å²) < 4.78 is 6.73. The third-order valence-electron chi connectivity index (χ3n) is 8.52. The number of fused-ring (bicyclic) bond motifs is 1. The maximum Gasteiger partial charge on any atom is 0.147 e. The van der Waals surface area contributed by atoms with Crippen LogP contribution in [0.25, 0.3) is 0 Å². The number of carbonyl (C=O) groups excluding carboxylic acids is 2. The number of rotatable bonds is 5. The molecule has 0 amide bonds. The standard InChI is InChI=1S/C30H36O3/c1-4-20-8-9-22(16-20)25-17-24-19(3)14-18(2)15-26(24)30(25)33-23-12-10-21(11-13-23)29-27(31)6-5-7-28(29)32/h10-15,20,22,25,29-30H,4-9,16-17H2,1-3H3/t20-,22?,25-,30-/m1/s1. The van der Waals surface area contributed by atoms with Crippen LogP contribution >= 0.6 is 0 Å². The summed E-state index contributed by atoms with van der Waals surface area (Å²) in [6.07, 6.45) is 8.13. The first kappa shape index (κ1) is 22.4. The number of hydrogen-bond acceptors (Lipinski definition) is 3. The van der Waals surface area contributed by atoms with Crippen molar-refractivity contribution in [2.45, 2.75) is 84.2 Å². The molecule has 0 bridgehead atoms. The van der Waals surface area contributed by atoms with Gasteiger partial charge in [-0.2, -0.15) is 0 Å². The number of carbonyl (C=O) groups is 2. The lowest BCUT2D eigenvalue weighted by Gasteiger charge is -2.27. The van der Waals surface area contributed by atoms with Crippen molar-refractivity contribution in [2.75, 3.05) is 0 Å². The van der Waals surface area contributed by atoms with Gasteiger partial charge in [-0.15, -0.1) is 0 Å². The van der Waals surface area contributed by atoms with Gasteiger partial charge in [0.25, 0.3) is 0 Å². The molecule has 3 nitrogen and oxygen atoms in total. The molecule has 4 atom stereocenters. The van der Waals surface area contributed by atoms with Crippen LogP contribution in [-0.4, -0.2) is 11.6 Å². The molecule has 2 aromatic carbocycles. The monoisotopic (exact) mass is 444 g/mol. The molecule has 5 rings (SSSR count). The first-order valence-corrected chi connectivity index (χ1v) is 12.9. The van der Waals surface area contributed by atoms with Gasteiger partial charge in [-0.05, 0) is 85.8 Å². The summed E-state index contributed by atoms with van der Waals surface area (Å²) in [5, 5.41) is 0. The van der Waals surface area contributed by atoms with Crippen LogP contribution in [0.4, 0.5) is 0 Å². The van der Waals surface area contributed by atoms with Gasteiger partial charge in [0.15, 0.2) is 0 Å². The SMILES string of the molecule is CC[C@@H]1CCC([C@H]2Cc3c(C)cc(C)cc3[C@@H]2Oc2ccc(C3C(=O)CCCC3=O)cc2)C1. The average Bonchev–Trinajstić information content (AvgIpc) is 3.40. The molecule has 2 aromatic rings. The van der Waals surface area contributed by atoms with Gasteiger partial charge in [0, 0.05) is 18.8 Å². The largest absolute Gasteiger partial charge is 0.485 e. The summed E-state index contributed by atoms with van der Waals surface area (Å²) in [5.41, 5.74) is 6.33. The number of hydrogen-bond donors (Lipinski definition) is 0. The number of ketones is 2. The van der Waals surface area contributed by atoms with E-state index in [0.29, 0.717) is 31.1 Å². The van der Waals surface area contributed by atoms with Crippen molar-refractivity contribution in [1.29, 1.82) is 0 Å². The predicted molar refractivity (Wildman–Crippen MR) is 131 cm³/mol. The van der Waals surface area contributed by atoms with E-state index in [-0.39, 0.29) is 17.7 Å². The van der Waals surface area contributed by atoms with E-state index in [4.69, 9.17) is 4.74 Å². The van der Waals surface area contributed by atoms with Crippen molar-refractivity contribution in [1.82, 2.24) is 0 Å². The first-order valence-electron chi connectivity index (χ1n) is 12.9. The molecule has 3 heteroatoms. The average molecular weight is 445 g/mol. The number of aryl methyl sites for hydroxylation is 2. The van der Waals surface area contributed by atoms with E-state index in [9.17, 15) is 9.59 Å². The first-order chi connectivity index (χ1) is 15.9. The topological polar surface area (TPSA) is 43.4 Å². The van der Waals surface area contributed by atoms with Crippen molar-refractivity contribution < 1.29 is 14.3 Å². The second-order valence-electron chi connectivity index (χ2n) is 10.7. The minimum Gasteiger partial charge on any atom is -0.485 e. The Hall–Kier alpha value is -2.42. The van der Waals surface area contributed by atoms with Crippen LogP contribution in [0, 0.1) is 31.6 Å². The zero-order valence-electron chi connectivity index (χ0n) is 20.2. The van der Waals surface area contributed by atoms with Crippen LogP contribution in [-0.2, 0) is 16.0 Å². The molecule has 0 saturated heterocycles. The molecule has 0 heterocycles. The fourth-order valence-electron chi connectivity index (χ4n) is 6.74. The van der Waals surface area contributed by atoms with Gasteiger partial charge in [0.1, 0.15) is 29.3 Å². The Labute approximate surface area is 197 Å². The van der Waals surface area contributed by atoms with Crippen molar-refractivity contribution in [2.24, 2.45) is 17.8 Å². The molecule has 1 unspecified atom stereocenters. The highest BCUT2D eigenvalue weighted by atomic mass is 16.5. The molecule has 33 heavy (non-hydrogen) atoms. The summed E-state index contributed by atoms with van der Waals surface area (Å²) in [6, 6.07) is 12.4. The van der Waals surface area contributed by atoms with Crippen LogP contribution in [0.5, 0.6) is 5.75 Å². The highest BCUT2D eigenvalue weighted by Gasteiger charge is 2.42. The zero-order chi connectivity index (χ0) is 23.1. The fraction of sp³-hybridized carbons (Fsp3) is 0.533. The van der Waals surface area contributed by atoms with E-state index >= 15 is 0 Å². The lowest BCUT2D eigenvalue weighted by atomic mass is 9.82. The number of ether oxygens (including phenoxy) is 1. The van der Waals surface area contributed by atoms with Crippen LogP contribution in [0.3, 0.4) is 0 Å².